The Morgan fingerprint density at radius 1 is 1.21 bits per heavy atom. The highest BCUT2D eigenvalue weighted by Gasteiger charge is 2.56. The SMILES string of the molecule is CC1(C)OC2C(O1)[C@@H](CO[Si](C)(C)C(C)(C)C)O[C@H]2n1cnc2c(N=S(=O)(F)F)ncnc21. The summed E-state index contributed by atoms with van der Waals surface area (Å²) in [5.74, 6) is -1.29. The third-order valence-corrected chi connectivity index (χ3v) is 11.2. The zero-order valence-electron chi connectivity index (χ0n) is 19.6. The van der Waals surface area contributed by atoms with Crippen LogP contribution in [-0.2, 0) is 29.1 Å². The molecule has 2 unspecified atom stereocenters. The van der Waals surface area contributed by atoms with E-state index in [1.165, 1.54) is 6.33 Å². The van der Waals surface area contributed by atoms with E-state index in [1.807, 2.05) is 13.8 Å². The highest BCUT2D eigenvalue weighted by atomic mass is 32.3. The summed E-state index contributed by atoms with van der Waals surface area (Å²) in [6.07, 6.45) is 0.420. The van der Waals surface area contributed by atoms with Gasteiger partial charge in [-0.3, -0.25) is 4.57 Å². The van der Waals surface area contributed by atoms with E-state index < -0.39 is 55.0 Å². The minimum Gasteiger partial charge on any atom is -0.414 e. The maximum absolute atomic E-state index is 13.0. The summed E-state index contributed by atoms with van der Waals surface area (Å²) in [6, 6.07) is 0. The van der Waals surface area contributed by atoms with E-state index in [2.05, 4.69) is 53.2 Å². The molecule has 4 heterocycles. The summed E-state index contributed by atoms with van der Waals surface area (Å²) in [7, 11) is -7.44. The van der Waals surface area contributed by atoms with Crippen molar-refractivity contribution in [1.82, 2.24) is 19.5 Å². The Labute approximate surface area is 192 Å². The first-order valence-corrected chi connectivity index (χ1v) is 14.8. The molecule has 2 aromatic rings. The van der Waals surface area contributed by atoms with Gasteiger partial charge in [-0.25, -0.2) is 15.0 Å². The van der Waals surface area contributed by atoms with Crippen LogP contribution < -0.4 is 0 Å². The van der Waals surface area contributed by atoms with E-state index in [1.54, 1.807) is 4.57 Å². The quantitative estimate of drug-likeness (QED) is 0.441. The second-order valence-electron chi connectivity index (χ2n) is 10.2. The van der Waals surface area contributed by atoms with E-state index in [-0.39, 0.29) is 16.2 Å². The van der Waals surface area contributed by atoms with E-state index in [9.17, 15) is 12.0 Å². The molecule has 0 saturated carbocycles. The van der Waals surface area contributed by atoms with Crippen LogP contribution in [0.3, 0.4) is 0 Å². The Morgan fingerprint density at radius 2 is 1.88 bits per heavy atom. The van der Waals surface area contributed by atoms with Crippen molar-refractivity contribution in [2.45, 2.75) is 83.1 Å². The van der Waals surface area contributed by atoms with Crippen LogP contribution >= 0.6 is 0 Å². The molecule has 14 heteroatoms. The molecule has 2 saturated heterocycles. The largest absolute Gasteiger partial charge is 0.414 e. The van der Waals surface area contributed by atoms with Gasteiger partial charge in [0.25, 0.3) is 0 Å². The molecule has 184 valence electrons. The standard InChI is InChI=1S/C19H29F2N5O5SSi/c1-18(2,3)33(6,7)28-8-11-13-14(31-19(4,5)30-13)17(29-11)26-10-24-12-15(25-32(20,21)27)22-9-23-16(12)26/h9-11,13-14,17H,8H2,1-7H3/t11-,13?,14?,17-/m1/s1. The van der Waals surface area contributed by atoms with Crippen LogP contribution in [0.5, 0.6) is 0 Å². The molecule has 0 N–H and O–H groups in total. The van der Waals surface area contributed by atoms with Crippen LogP contribution in [-0.4, -0.2) is 62.8 Å². The average Bonchev–Trinajstić information content (AvgIpc) is 3.29. The molecule has 0 aliphatic carbocycles. The fourth-order valence-electron chi connectivity index (χ4n) is 3.72. The maximum atomic E-state index is 13.0. The second kappa shape index (κ2) is 7.98. The summed E-state index contributed by atoms with van der Waals surface area (Å²) in [5, 5.41) is 0.0275. The van der Waals surface area contributed by atoms with E-state index in [4.69, 9.17) is 18.6 Å². The third-order valence-electron chi connectivity index (χ3n) is 6.35. The van der Waals surface area contributed by atoms with Crippen molar-refractivity contribution in [3.8, 4) is 0 Å². The number of imidazole rings is 1. The number of nitrogens with zero attached hydrogens (tertiary/aromatic N) is 5. The lowest BCUT2D eigenvalue weighted by Crippen LogP contribution is -2.44. The van der Waals surface area contributed by atoms with Crippen molar-refractivity contribution < 1.29 is 30.6 Å². The van der Waals surface area contributed by atoms with Gasteiger partial charge in [0.1, 0.15) is 24.6 Å². The highest BCUT2D eigenvalue weighted by molar-refractivity contribution is 7.83. The molecular weight excluding hydrogens is 476 g/mol. The molecule has 2 aliphatic heterocycles. The zero-order valence-corrected chi connectivity index (χ0v) is 21.4. The molecule has 33 heavy (non-hydrogen) atoms. The molecule has 0 radical (unpaired) electrons. The fraction of sp³-hybridized carbons (Fsp3) is 0.737. The Hall–Kier alpha value is -1.58. The molecule has 4 rings (SSSR count). The van der Waals surface area contributed by atoms with Crippen molar-refractivity contribution in [3.63, 3.8) is 0 Å². The molecule has 2 aliphatic rings. The fourth-order valence-corrected chi connectivity index (χ4v) is 5.07. The third kappa shape index (κ3) is 4.82. The van der Waals surface area contributed by atoms with E-state index in [0.717, 1.165) is 6.33 Å². The van der Waals surface area contributed by atoms with Crippen LogP contribution in [0.25, 0.3) is 11.2 Å². The van der Waals surface area contributed by atoms with Gasteiger partial charge in [0, 0.05) is 0 Å². The first-order valence-electron chi connectivity index (χ1n) is 10.6. The topological polar surface area (TPSA) is 110 Å². The number of halogens is 2. The monoisotopic (exact) mass is 505 g/mol. The first kappa shape index (κ1) is 24.5. The Kier molecular flexibility index (Phi) is 5.94. The highest BCUT2D eigenvalue weighted by Crippen LogP contribution is 2.45. The molecule has 2 aromatic heterocycles. The zero-order chi connectivity index (χ0) is 24.4. The van der Waals surface area contributed by atoms with Crippen LogP contribution in [0.1, 0.15) is 40.8 Å². The lowest BCUT2D eigenvalue weighted by atomic mass is 10.1. The van der Waals surface area contributed by atoms with Crippen LogP contribution in [0.4, 0.5) is 13.6 Å². The van der Waals surface area contributed by atoms with Gasteiger partial charge < -0.3 is 18.6 Å². The second-order valence-corrected chi connectivity index (χ2v) is 16.0. The van der Waals surface area contributed by atoms with Crippen molar-refractivity contribution in [2.75, 3.05) is 6.61 Å². The maximum Gasteiger partial charge on any atom is 0.373 e. The van der Waals surface area contributed by atoms with Gasteiger partial charge in [-0.1, -0.05) is 28.5 Å². The molecule has 0 amide bonds. The first-order chi connectivity index (χ1) is 15.1. The Balaban J connectivity index is 1.67. The summed E-state index contributed by atoms with van der Waals surface area (Å²) < 4.78 is 66.3. The van der Waals surface area contributed by atoms with Crippen molar-refractivity contribution in [1.29, 1.82) is 0 Å². The summed E-state index contributed by atoms with van der Waals surface area (Å²) >= 11 is 0. The van der Waals surface area contributed by atoms with Crippen LogP contribution in [0.15, 0.2) is 17.0 Å². The molecule has 10 nitrogen and oxygen atoms in total. The van der Waals surface area contributed by atoms with E-state index >= 15 is 0 Å². The smallest absolute Gasteiger partial charge is 0.373 e. The molecule has 0 spiro atoms. The lowest BCUT2D eigenvalue weighted by Gasteiger charge is -2.37. The van der Waals surface area contributed by atoms with Gasteiger partial charge in [0.05, 0.1) is 12.9 Å². The number of ether oxygens (including phenoxy) is 3. The van der Waals surface area contributed by atoms with Crippen molar-refractivity contribution in [3.05, 3.63) is 12.7 Å². The van der Waals surface area contributed by atoms with Crippen molar-refractivity contribution in [2.24, 2.45) is 4.36 Å². The number of hydrogen-bond acceptors (Lipinski definition) is 9. The molecule has 0 aromatic carbocycles. The van der Waals surface area contributed by atoms with Gasteiger partial charge in [0.15, 0.2) is 37.3 Å². The minimum atomic E-state index is -5.40. The summed E-state index contributed by atoms with van der Waals surface area (Å²) in [5.41, 5.74) is 0.190. The summed E-state index contributed by atoms with van der Waals surface area (Å²) in [6.45, 7) is 14.7. The van der Waals surface area contributed by atoms with Crippen molar-refractivity contribution >= 4 is 35.8 Å². The average molecular weight is 506 g/mol. The molecule has 2 fully saturated rings. The number of aromatic nitrogens is 4. The van der Waals surface area contributed by atoms with Gasteiger partial charge >= 0.3 is 10.5 Å². The predicted octanol–water partition coefficient (Wildman–Crippen LogP) is 4.13. The lowest BCUT2D eigenvalue weighted by molar-refractivity contribution is -0.199. The van der Waals surface area contributed by atoms with Gasteiger partial charge in [0.2, 0.25) is 0 Å². The van der Waals surface area contributed by atoms with Gasteiger partial charge in [-0.05, 0) is 32.0 Å². The normalized spacial score (nSPS) is 27.8. The summed E-state index contributed by atoms with van der Waals surface area (Å²) in [4.78, 5) is 12.0. The number of hydrogen-bond donors (Lipinski definition) is 0. The van der Waals surface area contributed by atoms with Crippen LogP contribution in [0, 0.1) is 0 Å². The number of fused-ring (bicyclic) bond motifs is 2. The van der Waals surface area contributed by atoms with Crippen LogP contribution in [0.2, 0.25) is 18.1 Å². The molecular formula is C19H29F2N5O5SSi. The van der Waals surface area contributed by atoms with Gasteiger partial charge in [-0.15, -0.1) is 4.36 Å². The molecule has 4 atom stereocenters. The predicted molar refractivity (Wildman–Crippen MR) is 119 cm³/mol. The number of rotatable bonds is 5. The Morgan fingerprint density at radius 3 is 2.52 bits per heavy atom. The Bertz CT molecular complexity index is 1170. The minimum absolute atomic E-state index is 0.0141. The molecule has 0 bridgehead atoms. The van der Waals surface area contributed by atoms with Gasteiger partial charge in [-0.2, -0.15) is 4.21 Å². The van der Waals surface area contributed by atoms with E-state index in [0.29, 0.717) is 6.61 Å².